The molecule has 0 aliphatic heterocycles. The summed E-state index contributed by atoms with van der Waals surface area (Å²) in [6.45, 7) is 4.68. The minimum atomic E-state index is -0.398. The number of rotatable bonds is 7. The summed E-state index contributed by atoms with van der Waals surface area (Å²) in [5.74, 6) is -0.147. The predicted molar refractivity (Wildman–Crippen MR) is 132 cm³/mol. The highest BCUT2D eigenvalue weighted by Crippen LogP contribution is 2.31. The second-order valence-corrected chi connectivity index (χ2v) is 7.71. The van der Waals surface area contributed by atoms with Crippen LogP contribution in [0.5, 0.6) is 5.75 Å². The molecule has 4 rings (SSSR count). The number of anilines is 1. The maximum atomic E-state index is 12.6. The van der Waals surface area contributed by atoms with Crippen molar-refractivity contribution in [1.29, 1.82) is 0 Å². The molecule has 7 nitrogen and oxygen atoms in total. The molecular formula is C26H26N4O3. The van der Waals surface area contributed by atoms with E-state index in [9.17, 15) is 9.59 Å². The van der Waals surface area contributed by atoms with Crippen LogP contribution in [-0.4, -0.2) is 29.2 Å². The van der Waals surface area contributed by atoms with Gasteiger partial charge in [0.15, 0.2) is 0 Å². The Balaban J connectivity index is 1.45. The van der Waals surface area contributed by atoms with Gasteiger partial charge in [-0.3, -0.25) is 9.59 Å². The summed E-state index contributed by atoms with van der Waals surface area (Å²) >= 11 is 0. The van der Waals surface area contributed by atoms with E-state index >= 15 is 0 Å². The molecule has 0 spiro atoms. The molecule has 0 saturated carbocycles. The summed E-state index contributed by atoms with van der Waals surface area (Å²) in [6, 6.07) is 21.1. The van der Waals surface area contributed by atoms with E-state index < -0.39 is 5.91 Å². The van der Waals surface area contributed by atoms with Crippen molar-refractivity contribution in [2.45, 2.75) is 26.8 Å². The van der Waals surface area contributed by atoms with Crippen LogP contribution in [0.25, 0.3) is 21.8 Å². The topological polar surface area (TPSA) is 84.7 Å². The SMILES string of the molecule is CCn1c2ccccc2c2cc(NC(=O)CC(C)=NNC(=O)c3ccccc3OC)ccc21. The molecule has 0 aliphatic carbocycles. The van der Waals surface area contributed by atoms with Gasteiger partial charge in [-0.1, -0.05) is 30.3 Å². The normalized spacial score (nSPS) is 11.5. The van der Waals surface area contributed by atoms with Crippen LogP contribution in [0.4, 0.5) is 5.69 Å². The fourth-order valence-corrected chi connectivity index (χ4v) is 3.99. The molecule has 0 radical (unpaired) electrons. The zero-order valence-electron chi connectivity index (χ0n) is 18.9. The molecule has 0 fully saturated rings. The zero-order chi connectivity index (χ0) is 23.4. The molecule has 2 N–H and O–H groups in total. The quantitative estimate of drug-likeness (QED) is 0.313. The Labute approximate surface area is 192 Å². The van der Waals surface area contributed by atoms with Crippen LogP contribution >= 0.6 is 0 Å². The lowest BCUT2D eigenvalue weighted by Gasteiger charge is -2.08. The minimum Gasteiger partial charge on any atom is -0.496 e. The number of fused-ring (bicyclic) bond motifs is 3. The summed E-state index contributed by atoms with van der Waals surface area (Å²) in [6.07, 6.45) is 0.0565. The van der Waals surface area contributed by atoms with Gasteiger partial charge in [0.1, 0.15) is 5.75 Å². The lowest BCUT2D eigenvalue weighted by molar-refractivity contribution is -0.115. The maximum Gasteiger partial charge on any atom is 0.275 e. The molecule has 2 amide bonds. The molecule has 3 aromatic carbocycles. The standard InChI is InChI=1S/C26H26N4O3/c1-4-30-22-11-7-5-9-19(22)21-16-18(13-14-23(21)30)27-25(31)15-17(2)28-29-26(32)20-10-6-8-12-24(20)33-3/h5-14,16H,4,15H2,1-3H3,(H,27,31)(H,29,32). The summed E-state index contributed by atoms with van der Waals surface area (Å²) in [5, 5.41) is 9.24. The Morgan fingerprint density at radius 1 is 0.970 bits per heavy atom. The van der Waals surface area contributed by atoms with Crippen LogP contribution in [-0.2, 0) is 11.3 Å². The number of amides is 2. The van der Waals surface area contributed by atoms with E-state index in [1.165, 1.54) is 12.6 Å². The second kappa shape index (κ2) is 9.56. The largest absolute Gasteiger partial charge is 0.496 e. The van der Waals surface area contributed by atoms with Gasteiger partial charge in [0, 0.05) is 39.7 Å². The number of hydrazone groups is 1. The molecule has 0 atom stereocenters. The van der Waals surface area contributed by atoms with Crippen LogP contribution in [0.15, 0.2) is 71.8 Å². The Hall–Kier alpha value is -4.13. The fourth-order valence-electron chi connectivity index (χ4n) is 3.99. The van der Waals surface area contributed by atoms with Crippen LogP contribution in [0, 0.1) is 0 Å². The van der Waals surface area contributed by atoms with Gasteiger partial charge in [-0.05, 0) is 50.2 Å². The van der Waals surface area contributed by atoms with Crippen molar-refractivity contribution in [2.75, 3.05) is 12.4 Å². The summed E-state index contributed by atoms with van der Waals surface area (Å²) in [5.41, 5.74) is 6.37. The van der Waals surface area contributed by atoms with Gasteiger partial charge in [-0.2, -0.15) is 5.10 Å². The first-order valence-corrected chi connectivity index (χ1v) is 10.8. The Bertz CT molecular complexity index is 1370. The van der Waals surface area contributed by atoms with Gasteiger partial charge in [0.05, 0.1) is 19.1 Å². The number of benzene rings is 3. The van der Waals surface area contributed by atoms with E-state index in [0.717, 1.165) is 28.5 Å². The molecule has 1 heterocycles. The van der Waals surface area contributed by atoms with Crippen molar-refractivity contribution in [2.24, 2.45) is 5.10 Å². The second-order valence-electron chi connectivity index (χ2n) is 7.71. The number of carbonyl (C=O) groups excluding carboxylic acids is 2. The molecule has 168 valence electrons. The minimum absolute atomic E-state index is 0.0565. The Kier molecular flexibility index (Phi) is 6.40. The lowest BCUT2D eigenvalue weighted by Crippen LogP contribution is -2.22. The smallest absolute Gasteiger partial charge is 0.275 e. The summed E-state index contributed by atoms with van der Waals surface area (Å²) in [7, 11) is 1.50. The number of nitrogens with zero attached hydrogens (tertiary/aromatic N) is 2. The van der Waals surface area contributed by atoms with E-state index in [1.807, 2.05) is 30.3 Å². The first kappa shape index (κ1) is 22.1. The van der Waals surface area contributed by atoms with Gasteiger partial charge in [-0.15, -0.1) is 0 Å². The number of nitrogens with one attached hydrogen (secondary N) is 2. The summed E-state index contributed by atoms with van der Waals surface area (Å²) in [4.78, 5) is 24.9. The first-order chi connectivity index (χ1) is 16.0. The van der Waals surface area contributed by atoms with Crippen molar-refractivity contribution in [3.8, 4) is 5.75 Å². The van der Waals surface area contributed by atoms with Crippen molar-refractivity contribution in [3.05, 3.63) is 72.3 Å². The molecule has 7 heteroatoms. The highest BCUT2D eigenvalue weighted by atomic mass is 16.5. The number of hydrogen-bond donors (Lipinski definition) is 2. The molecule has 0 bridgehead atoms. The van der Waals surface area contributed by atoms with Crippen LogP contribution < -0.4 is 15.5 Å². The third-order valence-corrected chi connectivity index (χ3v) is 5.49. The molecule has 4 aromatic rings. The highest BCUT2D eigenvalue weighted by molar-refractivity contribution is 6.11. The van der Waals surface area contributed by atoms with E-state index in [4.69, 9.17) is 4.74 Å². The van der Waals surface area contributed by atoms with Gasteiger partial charge in [0.2, 0.25) is 5.91 Å². The molecule has 1 aromatic heterocycles. The molecule has 0 aliphatic rings. The van der Waals surface area contributed by atoms with Crippen molar-refractivity contribution in [1.82, 2.24) is 9.99 Å². The number of aryl methyl sites for hydroxylation is 1. The van der Waals surface area contributed by atoms with Crippen LogP contribution in [0.3, 0.4) is 0 Å². The van der Waals surface area contributed by atoms with Gasteiger partial charge in [0.25, 0.3) is 5.91 Å². The van der Waals surface area contributed by atoms with Crippen molar-refractivity contribution < 1.29 is 14.3 Å². The highest BCUT2D eigenvalue weighted by Gasteiger charge is 2.13. The van der Waals surface area contributed by atoms with E-state index in [1.54, 1.807) is 31.2 Å². The number of ether oxygens (including phenoxy) is 1. The molecule has 33 heavy (non-hydrogen) atoms. The summed E-state index contributed by atoms with van der Waals surface area (Å²) < 4.78 is 7.46. The van der Waals surface area contributed by atoms with Gasteiger partial charge < -0.3 is 14.6 Å². The van der Waals surface area contributed by atoms with E-state index in [2.05, 4.69) is 39.5 Å². The maximum absolute atomic E-state index is 12.6. The lowest BCUT2D eigenvalue weighted by atomic mass is 10.1. The van der Waals surface area contributed by atoms with Crippen LogP contribution in [0.2, 0.25) is 0 Å². The monoisotopic (exact) mass is 442 g/mol. The molecule has 0 saturated heterocycles. The number of methoxy groups -OCH3 is 1. The molecule has 0 unspecified atom stereocenters. The van der Waals surface area contributed by atoms with Gasteiger partial charge in [-0.25, -0.2) is 5.43 Å². The van der Waals surface area contributed by atoms with Crippen molar-refractivity contribution >= 4 is 45.0 Å². The average Bonchev–Trinajstić information content (AvgIpc) is 3.15. The third-order valence-electron chi connectivity index (χ3n) is 5.49. The Morgan fingerprint density at radius 2 is 1.70 bits per heavy atom. The third kappa shape index (κ3) is 4.57. The average molecular weight is 443 g/mol. The van der Waals surface area contributed by atoms with E-state index in [-0.39, 0.29) is 12.3 Å². The first-order valence-electron chi connectivity index (χ1n) is 10.8. The van der Waals surface area contributed by atoms with E-state index in [0.29, 0.717) is 17.0 Å². The van der Waals surface area contributed by atoms with Crippen LogP contribution in [0.1, 0.15) is 30.6 Å². The van der Waals surface area contributed by atoms with Gasteiger partial charge >= 0.3 is 0 Å². The Morgan fingerprint density at radius 3 is 2.48 bits per heavy atom. The fraction of sp³-hybridized carbons (Fsp3) is 0.192. The number of hydrogen-bond acceptors (Lipinski definition) is 4. The number of para-hydroxylation sites is 2. The number of carbonyl (C=O) groups is 2. The number of aromatic nitrogens is 1. The zero-order valence-corrected chi connectivity index (χ0v) is 18.9. The van der Waals surface area contributed by atoms with Crippen molar-refractivity contribution in [3.63, 3.8) is 0 Å². The predicted octanol–water partition coefficient (Wildman–Crippen LogP) is 4.96. The molecular weight excluding hydrogens is 416 g/mol.